The maximum absolute atomic E-state index is 12.7. The molecule has 7 heteroatoms. The molecule has 0 aliphatic heterocycles. The van der Waals surface area contributed by atoms with Crippen molar-refractivity contribution < 1.29 is 22.6 Å². The number of pyridine rings is 1. The fourth-order valence-corrected chi connectivity index (χ4v) is 2.43. The molecule has 0 radical (unpaired) electrons. The van der Waals surface area contributed by atoms with Crippen molar-refractivity contribution >= 4 is 0 Å². The molecule has 25 heavy (non-hydrogen) atoms. The van der Waals surface area contributed by atoms with Crippen molar-refractivity contribution in [3.63, 3.8) is 0 Å². The van der Waals surface area contributed by atoms with E-state index in [1.807, 2.05) is 13.8 Å². The maximum Gasteiger partial charge on any atom is 0.573 e. The number of alkyl halides is 3. The average molecular weight is 354 g/mol. The summed E-state index contributed by atoms with van der Waals surface area (Å²) < 4.78 is 47.7. The summed E-state index contributed by atoms with van der Waals surface area (Å²) in [7, 11) is 0. The maximum atomic E-state index is 12.7. The third kappa shape index (κ3) is 6.26. The molecule has 0 aliphatic carbocycles. The summed E-state index contributed by atoms with van der Waals surface area (Å²) in [6.07, 6.45) is -0.969. The van der Waals surface area contributed by atoms with E-state index in [-0.39, 0.29) is 18.4 Å². The highest BCUT2D eigenvalue weighted by Crippen LogP contribution is 2.36. The molecule has 0 bridgehead atoms. The lowest BCUT2D eigenvalue weighted by atomic mass is 10.1. The van der Waals surface area contributed by atoms with Crippen molar-refractivity contribution in [3.8, 4) is 22.6 Å². The number of halogens is 3. The molecule has 0 amide bonds. The third-order valence-electron chi connectivity index (χ3n) is 3.41. The Morgan fingerprint density at radius 2 is 1.72 bits per heavy atom. The zero-order chi connectivity index (χ0) is 18.4. The Hall–Kier alpha value is -2.28. The first kappa shape index (κ1) is 19.1. The molecule has 2 aromatic rings. The largest absolute Gasteiger partial charge is 0.573 e. The van der Waals surface area contributed by atoms with Gasteiger partial charge in [0.15, 0.2) is 11.5 Å². The summed E-state index contributed by atoms with van der Waals surface area (Å²) in [6.45, 7) is 4.14. The molecule has 1 aromatic carbocycles. The summed E-state index contributed by atoms with van der Waals surface area (Å²) in [5.41, 5.74) is 7.22. The molecule has 0 fully saturated rings. The summed E-state index contributed by atoms with van der Waals surface area (Å²) in [5.74, 6) is -0.00791. The molecule has 0 aliphatic rings. The highest BCUT2D eigenvalue weighted by Gasteiger charge is 2.32. The molecular weight excluding hydrogens is 333 g/mol. The Bertz CT molecular complexity index is 676. The fourth-order valence-electron chi connectivity index (χ4n) is 2.43. The summed E-state index contributed by atoms with van der Waals surface area (Å²) in [4.78, 5) is 3.89. The topological polar surface area (TPSA) is 57.4 Å². The van der Waals surface area contributed by atoms with Gasteiger partial charge < -0.3 is 15.2 Å². The normalized spacial score (nSPS) is 12.9. The minimum absolute atomic E-state index is 0.00865. The van der Waals surface area contributed by atoms with Crippen LogP contribution in [0.4, 0.5) is 13.2 Å². The predicted molar refractivity (Wildman–Crippen MR) is 89.3 cm³/mol. The molecule has 0 saturated carbocycles. The summed E-state index contributed by atoms with van der Waals surface area (Å²) >= 11 is 0. The lowest BCUT2D eigenvalue weighted by molar-refractivity contribution is -0.275. The van der Waals surface area contributed by atoms with Crippen molar-refractivity contribution in [3.05, 3.63) is 42.7 Å². The lowest BCUT2D eigenvalue weighted by Crippen LogP contribution is -2.29. The van der Waals surface area contributed by atoms with Crippen molar-refractivity contribution in [2.75, 3.05) is 6.61 Å². The zero-order valence-corrected chi connectivity index (χ0v) is 14.1. The van der Waals surface area contributed by atoms with Gasteiger partial charge in [0.2, 0.25) is 0 Å². The first-order valence-corrected chi connectivity index (χ1v) is 7.93. The van der Waals surface area contributed by atoms with Gasteiger partial charge in [-0.2, -0.15) is 0 Å². The molecule has 1 unspecified atom stereocenters. The van der Waals surface area contributed by atoms with Gasteiger partial charge in [-0.15, -0.1) is 13.2 Å². The first-order valence-electron chi connectivity index (χ1n) is 7.93. The lowest BCUT2D eigenvalue weighted by Gasteiger charge is -2.18. The van der Waals surface area contributed by atoms with Crippen molar-refractivity contribution in [2.45, 2.75) is 32.7 Å². The molecule has 1 heterocycles. The van der Waals surface area contributed by atoms with Crippen LogP contribution in [0.5, 0.6) is 11.5 Å². The molecule has 2 rings (SSSR count). The van der Waals surface area contributed by atoms with Crippen LogP contribution in [0.15, 0.2) is 42.7 Å². The molecule has 136 valence electrons. The number of hydrogen-bond acceptors (Lipinski definition) is 4. The quantitative estimate of drug-likeness (QED) is 0.801. The van der Waals surface area contributed by atoms with E-state index in [1.54, 1.807) is 30.6 Å². The van der Waals surface area contributed by atoms with Gasteiger partial charge in [0.05, 0.1) is 0 Å². The van der Waals surface area contributed by atoms with Crippen LogP contribution in [0.1, 0.15) is 20.3 Å². The minimum atomic E-state index is -4.81. The van der Waals surface area contributed by atoms with Crippen LogP contribution in [0.3, 0.4) is 0 Å². The average Bonchev–Trinajstić information content (AvgIpc) is 2.52. The van der Waals surface area contributed by atoms with Crippen LogP contribution in [0.25, 0.3) is 11.1 Å². The van der Waals surface area contributed by atoms with Gasteiger partial charge in [-0.1, -0.05) is 19.9 Å². The van der Waals surface area contributed by atoms with E-state index in [1.165, 1.54) is 12.1 Å². The second-order valence-corrected chi connectivity index (χ2v) is 6.15. The predicted octanol–water partition coefficient (Wildman–Crippen LogP) is 4.40. The van der Waals surface area contributed by atoms with E-state index < -0.39 is 12.1 Å². The minimum Gasteiger partial charge on any atom is -0.488 e. The fraction of sp³-hybridized carbons (Fsp3) is 0.389. The Labute approximate surface area is 144 Å². The van der Waals surface area contributed by atoms with Gasteiger partial charge in [-0.3, -0.25) is 4.98 Å². The van der Waals surface area contributed by atoms with Gasteiger partial charge in [0.1, 0.15) is 6.61 Å². The van der Waals surface area contributed by atoms with E-state index in [0.29, 0.717) is 17.9 Å². The third-order valence-corrected chi connectivity index (χ3v) is 3.41. The van der Waals surface area contributed by atoms with E-state index in [4.69, 9.17) is 10.5 Å². The molecule has 4 nitrogen and oxygen atoms in total. The molecule has 0 saturated heterocycles. The number of ether oxygens (including phenoxy) is 2. The van der Waals surface area contributed by atoms with E-state index >= 15 is 0 Å². The molecule has 1 atom stereocenters. The van der Waals surface area contributed by atoms with E-state index in [2.05, 4.69) is 9.72 Å². The van der Waals surface area contributed by atoms with Crippen molar-refractivity contribution in [1.29, 1.82) is 0 Å². The van der Waals surface area contributed by atoms with Crippen LogP contribution < -0.4 is 15.2 Å². The highest BCUT2D eigenvalue weighted by molar-refractivity contribution is 5.66. The summed E-state index contributed by atoms with van der Waals surface area (Å²) in [5, 5.41) is 0. The van der Waals surface area contributed by atoms with Crippen LogP contribution >= 0.6 is 0 Å². The Balaban J connectivity index is 2.23. The smallest absolute Gasteiger partial charge is 0.488 e. The van der Waals surface area contributed by atoms with Gasteiger partial charge >= 0.3 is 6.36 Å². The van der Waals surface area contributed by atoms with Crippen molar-refractivity contribution in [2.24, 2.45) is 11.7 Å². The number of hydrogen-bond donors (Lipinski definition) is 1. The van der Waals surface area contributed by atoms with Gasteiger partial charge in [0.25, 0.3) is 0 Å². The van der Waals surface area contributed by atoms with E-state index in [9.17, 15) is 13.2 Å². The number of nitrogens with zero attached hydrogens (tertiary/aromatic N) is 1. The zero-order valence-electron chi connectivity index (χ0n) is 14.1. The van der Waals surface area contributed by atoms with Gasteiger partial charge in [0, 0.05) is 18.4 Å². The molecular formula is C18H21F3N2O2. The van der Waals surface area contributed by atoms with E-state index in [0.717, 1.165) is 5.56 Å². The number of aromatic nitrogens is 1. The van der Waals surface area contributed by atoms with Crippen LogP contribution in [-0.4, -0.2) is 24.0 Å². The molecule has 2 N–H and O–H groups in total. The number of rotatable bonds is 7. The standard InChI is InChI=1S/C18H21F3N2O2/c1-12(2)9-15(22)11-24-16-4-3-14(13-5-7-23-8-6-13)10-17(16)25-18(19,20)21/h3-8,10,12,15H,9,11,22H2,1-2H3. The van der Waals surface area contributed by atoms with Gasteiger partial charge in [-0.05, 0) is 47.7 Å². The van der Waals surface area contributed by atoms with Crippen molar-refractivity contribution in [1.82, 2.24) is 4.98 Å². The second-order valence-electron chi connectivity index (χ2n) is 6.15. The number of nitrogens with two attached hydrogens (primary N) is 1. The van der Waals surface area contributed by atoms with Gasteiger partial charge in [-0.25, -0.2) is 0 Å². The monoisotopic (exact) mass is 354 g/mol. The summed E-state index contributed by atoms with van der Waals surface area (Å²) in [6, 6.07) is 7.56. The van der Waals surface area contributed by atoms with Crippen LogP contribution in [0, 0.1) is 5.92 Å². The number of benzene rings is 1. The van der Waals surface area contributed by atoms with Crippen LogP contribution in [0.2, 0.25) is 0 Å². The Kier molecular flexibility index (Phi) is 6.25. The molecule has 0 spiro atoms. The van der Waals surface area contributed by atoms with Crippen LogP contribution in [-0.2, 0) is 0 Å². The SMILES string of the molecule is CC(C)CC(N)COc1ccc(-c2ccncc2)cc1OC(F)(F)F. The second kappa shape index (κ2) is 8.20. The Morgan fingerprint density at radius 1 is 1.04 bits per heavy atom. The first-order chi connectivity index (χ1) is 11.7. The highest BCUT2D eigenvalue weighted by atomic mass is 19.4. The Morgan fingerprint density at radius 3 is 2.32 bits per heavy atom. The molecule has 1 aromatic heterocycles.